The molecular formula is C16H14O6. The molecule has 0 saturated heterocycles. The van der Waals surface area contributed by atoms with Crippen LogP contribution in [0.1, 0.15) is 15.9 Å². The zero-order valence-corrected chi connectivity index (χ0v) is 11.6. The van der Waals surface area contributed by atoms with Gasteiger partial charge in [-0.15, -0.1) is 0 Å². The molecular weight excluding hydrogens is 288 g/mol. The summed E-state index contributed by atoms with van der Waals surface area (Å²) in [6.45, 7) is 0. The third kappa shape index (κ3) is 3.12. The molecule has 0 aliphatic heterocycles. The largest absolute Gasteiger partial charge is 0.504 e. The SMILES string of the molecule is COc1ccc(/C=C/C(=O)c2cc(O)c(O)c(O)c2)cc1O. The molecule has 0 radical (unpaired) electrons. The van der Waals surface area contributed by atoms with E-state index < -0.39 is 23.0 Å². The zero-order chi connectivity index (χ0) is 16.3. The topological polar surface area (TPSA) is 107 Å². The van der Waals surface area contributed by atoms with Crippen LogP contribution in [0.5, 0.6) is 28.7 Å². The molecule has 0 saturated carbocycles. The summed E-state index contributed by atoms with van der Waals surface area (Å²) in [6.07, 6.45) is 2.68. The summed E-state index contributed by atoms with van der Waals surface area (Å²) in [5.74, 6) is -2.08. The maximum atomic E-state index is 12.0. The minimum Gasteiger partial charge on any atom is -0.504 e. The number of phenolic OH excluding ortho intramolecular Hbond substituents is 4. The minimum atomic E-state index is -0.680. The highest BCUT2D eigenvalue weighted by Gasteiger charge is 2.11. The van der Waals surface area contributed by atoms with E-state index in [0.29, 0.717) is 11.3 Å². The zero-order valence-electron chi connectivity index (χ0n) is 11.6. The summed E-state index contributed by atoms with van der Waals surface area (Å²) in [7, 11) is 1.43. The van der Waals surface area contributed by atoms with E-state index in [4.69, 9.17) is 4.74 Å². The number of hydrogen-bond acceptors (Lipinski definition) is 6. The number of hydrogen-bond donors (Lipinski definition) is 4. The fraction of sp³-hybridized carbons (Fsp3) is 0.0625. The lowest BCUT2D eigenvalue weighted by Crippen LogP contribution is -1.94. The molecule has 6 nitrogen and oxygen atoms in total. The Morgan fingerprint density at radius 1 is 1.00 bits per heavy atom. The van der Waals surface area contributed by atoms with Crippen LogP contribution in [0.25, 0.3) is 6.08 Å². The van der Waals surface area contributed by atoms with Crippen LogP contribution in [0.2, 0.25) is 0 Å². The molecule has 6 heteroatoms. The Bertz CT molecular complexity index is 725. The Morgan fingerprint density at radius 3 is 2.18 bits per heavy atom. The number of ketones is 1. The molecule has 4 N–H and O–H groups in total. The van der Waals surface area contributed by atoms with Gasteiger partial charge in [0, 0.05) is 5.56 Å². The second kappa shape index (κ2) is 6.09. The van der Waals surface area contributed by atoms with Crippen LogP contribution in [0, 0.1) is 0 Å². The van der Waals surface area contributed by atoms with E-state index in [1.165, 1.54) is 25.3 Å². The molecule has 2 aromatic rings. The summed E-state index contributed by atoms with van der Waals surface area (Å²) in [4.78, 5) is 12.0. The number of methoxy groups -OCH3 is 1. The quantitative estimate of drug-likeness (QED) is 0.392. The number of phenols is 4. The second-order valence-electron chi connectivity index (χ2n) is 4.49. The molecule has 0 aliphatic rings. The number of allylic oxidation sites excluding steroid dienone is 1. The van der Waals surface area contributed by atoms with Gasteiger partial charge < -0.3 is 25.2 Å². The van der Waals surface area contributed by atoms with E-state index in [0.717, 1.165) is 12.1 Å². The van der Waals surface area contributed by atoms with Crippen LogP contribution in [0.4, 0.5) is 0 Å². The number of benzene rings is 2. The number of carbonyl (C=O) groups is 1. The lowest BCUT2D eigenvalue weighted by Gasteiger charge is -2.04. The van der Waals surface area contributed by atoms with E-state index in [9.17, 15) is 25.2 Å². The van der Waals surface area contributed by atoms with Gasteiger partial charge in [-0.1, -0.05) is 12.1 Å². The minimum absolute atomic E-state index is 0.0155. The third-order valence-electron chi connectivity index (χ3n) is 2.98. The number of aromatic hydroxyl groups is 4. The van der Waals surface area contributed by atoms with Gasteiger partial charge in [-0.05, 0) is 35.9 Å². The smallest absolute Gasteiger partial charge is 0.200 e. The molecule has 0 atom stereocenters. The van der Waals surface area contributed by atoms with Crippen LogP contribution in [0.15, 0.2) is 36.4 Å². The first-order valence-electron chi connectivity index (χ1n) is 6.26. The molecule has 0 bridgehead atoms. The third-order valence-corrected chi connectivity index (χ3v) is 2.98. The van der Waals surface area contributed by atoms with Crippen molar-refractivity contribution in [2.24, 2.45) is 0 Å². The first kappa shape index (κ1) is 15.2. The molecule has 0 spiro atoms. The standard InChI is InChI=1S/C16H14O6/c1-22-15-5-3-9(6-12(15)18)2-4-11(17)10-7-13(19)16(21)14(20)8-10/h2-8,18-21H,1H3/b4-2+. The van der Waals surface area contributed by atoms with Crippen LogP contribution in [-0.2, 0) is 0 Å². The Kier molecular flexibility index (Phi) is 4.22. The first-order valence-corrected chi connectivity index (χ1v) is 6.26. The molecule has 2 rings (SSSR count). The van der Waals surface area contributed by atoms with Gasteiger partial charge in [0.1, 0.15) is 0 Å². The Labute approximate surface area is 126 Å². The lowest BCUT2D eigenvalue weighted by molar-refractivity contribution is 0.104. The fourth-order valence-corrected chi connectivity index (χ4v) is 1.83. The normalized spacial score (nSPS) is 10.8. The molecule has 0 aliphatic carbocycles. The first-order chi connectivity index (χ1) is 10.4. The summed E-state index contributed by atoms with van der Waals surface area (Å²) in [6, 6.07) is 6.72. The average Bonchev–Trinajstić information content (AvgIpc) is 2.49. The van der Waals surface area contributed by atoms with Crippen LogP contribution < -0.4 is 4.74 Å². The van der Waals surface area contributed by atoms with Crippen molar-refractivity contribution in [3.8, 4) is 28.7 Å². The highest BCUT2D eigenvalue weighted by Crippen LogP contribution is 2.35. The Balaban J connectivity index is 2.23. The van der Waals surface area contributed by atoms with Crippen LogP contribution in [0.3, 0.4) is 0 Å². The van der Waals surface area contributed by atoms with Crippen molar-refractivity contribution in [1.29, 1.82) is 0 Å². The van der Waals surface area contributed by atoms with Gasteiger partial charge in [0.05, 0.1) is 7.11 Å². The number of carbonyl (C=O) groups excluding carboxylic acids is 1. The fourth-order valence-electron chi connectivity index (χ4n) is 1.83. The van der Waals surface area contributed by atoms with E-state index >= 15 is 0 Å². The van der Waals surface area contributed by atoms with E-state index in [-0.39, 0.29) is 11.3 Å². The molecule has 0 aromatic heterocycles. The maximum Gasteiger partial charge on any atom is 0.200 e. The highest BCUT2D eigenvalue weighted by molar-refractivity contribution is 6.07. The molecule has 114 valence electrons. The van der Waals surface area contributed by atoms with Crippen molar-refractivity contribution in [3.05, 3.63) is 47.5 Å². The van der Waals surface area contributed by atoms with Crippen molar-refractivity contribution in [1.82, 2.24) is 0 Å². The van der Waals surface area contributed by atoms with Crippen LogP contribution >= 0.6 is 0 Å². The summed E-state index contributed by atoms with van der Waals surface area (Å²) in [5.41, 5.74) is 0.584. The van der Waals surface area contributed by atoms with E-state index in [2.05, 4.69) is 0 Å². The Hall–Kier alpha value is -3.15. The van der Waals surface area contributed by atoms with E-state index in [1.807, 2.05) is 0 Å². The second-order valence-corrected chi connectivity index (χ2v) is 4.49. The monoisotopic (exact) mass is 302 g/mol. The van der Waals surface area contributed by atoms with E-state index in [1.54, 1.807) is 12.1 Å². The summed E-state index contributed by atoms with van der Waals surface area (Å²) < 4.78 is 4.91. The van der Waals surface area contributed by atoms with Gasteiger partial charge in [-0.3, -0.25) is 4.79 Å². The van der Waals surface area contributed by atoms with Crippen molar-refractivity contribution < 1.29 is 30.0 Å². The number of ether oxygens (including phenoxy) is 1. The van der Waals surface area contributed by atoms with Gasteiger partial charge in [0.25, 0.3) is 0 Å². The van der Waals surface area contributed by atoms with Gasteiger partial charge >= 0.3 is 0 Å². The predicted molar refractivity (Wildman–Crippen MR) is 79.5 cm³/mol. The lowest BCUT2D eigenvalue weighted by atomic mass is 10.1. The summed E-state index contributed by atoms with van der Waals surface area (Å²) in [5, 5.41) is 37.6. The highest BCUT2D eigenvalue weighted by atomic mass is 16.5. The average molecular weight is 302 g/mol. The maximum absolute atomic E-state index is 12.0. The molecule has 0 unspecified atom stereocenters. The molecule has 0 heterocycles. The van der Waals surface area contributed by atoms with Crippen molar-refractivity contribution in [3.63, 3.8) is 0 Å². The molecule has 0 amide bonds. The molecule has 22 heavy (non-hydrogen) atoms. The van der Waals surface area contributed by atoms with Gasteiger partial charge in [0.2, 0.25) is 0 Å². The van der Waals surface area contributed by atoms with Crippen LogP contribution in [-0.4, -0.2) is 33.3 Å². The van der Waals surface area contributed by atoms with Crippen molar-refractivity contribution in [2.75, 3.05) is 7.11 Å². The number of rotatable bonds is 4. The van der Waals surface area contributed by atoms with Gasteiger partial charge in [-0.2, -0.15) is 0 Å². The van der Waals surface area contributed by atoms with Crippen molar-refractivity contribution in [2.45, 2.75) is 0 Å². The summed E-state index contributed by atoms with van der Waals surface area (Å²) >= 11 is 0. The Morgan fingerprint density at radius 2 is 1.64 bits per heavy atom. The molecule has 2 aromatic carbocycles. The van der Waals surface area contributed by atoms with Gasteiger partial charge in [0.15, 0.2) is 34.5 Å². The van der Waals surface area contributed by atoms with Crippen molar-refractivity contribution >= 4 is 11.9 Å². The predicted octanol–water partition coefficient (Wildman–Crippen LogP) is 2.41. The van der Waals surface area contributed by atoms with Gasteiger partial charge in [-0.25, -0.2) is 0 Å². The molecule has 0 fully saturated rings.